The molecule has 1 aliphatic rings. The third-order valence-corrected chi connectivity index (χ3v) is 5.60. The molecule has 1 fully saturated rings. The quantitative estimate of drug-likeness (QED) is 0.705. The summed E-state index contributed by atoms with van der Waals surface area (Å²) in [5, 5.41) is 0.983. The number of amides is 1. The van der Waals surface area contributed by atoms with Crippen LogP contribution in [0.3, 0.4) is 0 Å². The number of anilines is 1. The van der Waals surface area contributed by atoms with Crippen LogP contribution >= 0.6 is 11.3 Å². The summed E-state index contributed by atoms with van der Waals surface area (Å²) in [6.45, 7) is 5.46. The number of para-hydroxylation sites is 1. The van der Waals surface area contributed by atoms with Crippen LogP contribution in [-0.2, 0) is 7.05 Å². The van der Waals surface area contributed by atoms with E-state index in [0.717, 1.165) is 34.2 Å². The number of benzene rings is 1. The van der Waals surface area contributed by atoms with Crippen molar-refractivity contribution in [3.05, 3.63) is 36.4 Å². The van der Waals surface area contributed by atoms with Gasteiger partial charge in [0.2, 0.25) is 0 Å². The minimum absolute atomic E-state index is 0.0138. The average Bonchev–Trinajstić information content (AvgIpc) is 3.28. The Balaban J connectivity index is 1.48. The third-order valence-electron chi connectivity index (χ3n) is 4.52. The Labute approximate surface area is 155 Å². The first-order valence-corrected chi connectivity index (χ1v) is 9.53. The van der Waals surface area contributed by atoms with Crippen molar-refractivity contribution >= 4 is 32.6 Å². The van der Waals surface area contributed by atoms with Crippen molar-refractivity contribution in [3.8, 4) is 5.75 Å². The van der Waals surface area contributed by atoms with Crippen LogP contribution in [-0.4, -0.2) is 58.1 Å². The van der Waals surface area contributed by atoms with Crippen molar-refractivity contribution in [2.75, 3.05) is 37.7 Å². The highest BCUT2D eigenvalue weighted by Gasteiger charge is 2.26. The standard InChI is InChI=1S/C18H21N5O2S/c1-3-25-13-5-4-6-14-15(13)20-18(26-14)23-11-9-22(10-12-23)17(24)16-19-7-8-21(16)2/h4-8H,3,9-12H2,1-2H3. The van der Waals surface area contributed by atoms with E-state index in [9.17, 15) is 4.79 Å². The van der Waals surface area contributed by atoms with E-state index in [1.807, 2.05) is 31.0 Å². The van der Waals surface area contributed by atoms with E-state index in [4.69, 9.17) is 9.72 Å². The molecule has 26 heavy (non-hydrogen) atoms. The number of carbonyl (C=O) groups excluding carboxylic acids is 1. The summed E-state index contributed by atoms with van der Waals surface area (Å²) < 4.78 is 8.57. The molecular formula is C18H21N5O2S. The summed E-state index contributed by atoms with van der Waals surface area (Å²) in [4.78, 5) is 25.6. The van der Waals surface area contributed by atoms with E-state index in [1.54, 1.807) is 28.3 Å². The smallest absolute Gasteiger partial charge is 0.289 e. The SMILES string of the molecule is CCOc1cccc2sc(N3CCN(C(=O)c4nccn4C)CC3)nc12. The number of ether oxygens (including phenoxy) is 1. The first kappa shape index (κ1) is 16.8. The second-order valence-corrected chi connectivity index (χ2v) is 7.18. The van der Waals surface area contributed by atoms with Crippen LogP contribution in [0.4, 0.5) is 5.13 Å². The van der Waals surface area contributed by atoms with Gasteiger partial charge in [-0.25, -0.2) is 9.97 Å². The number of thiazole rings is 1. The molecule has 0 aliphatic carbocycles. The molecule has 0 N–H and O–H groups in total. The molecule has 0 spiro atoms. The number of fused-ring (bicyclic) bond motifs is 1. The number of imidazole rings is 1. The number of piperazine rings is 1. The Bertz CT molecular complexity index is 927. The minimum Gasteiger partial charge on any atom is -0.492 e. The van der Waals surface area contributed by atoms with E-state index in [2.05, 4.69) is 16.0 Å². The minimum atomic E-state index is -0.0138. The second-order valence-electron chi connectivity index (χ2n) is 6.17. The van der Waals surface area contributed by atoms with Crippen LogP contribution < -0.4 is 9.64 Å². The van der Waals surface area contributed by atoms with E-state index in [-0.39, 0.29) is 5.91 Å². The van der Waals surface area contributed by atoms with Gasteiger partial charge in [0.05, 0.1) is 11.3 Å². The first-order valence-electron chi connectivity index (χ1n) is 8.71. The van der Waals surface area contributed by atoms with Gasteiger partial charge in [0, 0.05) is 45.6 Å². The summed E-state index contributed by atoms with van der Waals surface area (Å²) in [5.74, 6) is 1.30. The predicted octanol–water partition coefficient (Wildman–Crippen LogP) is 2.39. The number of carbonyl (C=O) groups is 1. The van der Waals surface area contributed by atoms with Crippen molar-refractivity contribution in [1.82, 2.24) is 19.4 Å². The van der Waals surface area contributed by atoms with Gasteiger partial charge in [0.25, 0.3) is 5.91 Å². The molecule has 1 amide bonds. The van der Waals surface area contributed by atoms with Crippen LogP contribution in [0, 0.1) is 0 Å². The molecule has 0 atom stereocenters. The monoisotopic (exact) mass is 371 g/mol. The molecule has 1 saturated heterocycles. The van der Waals surface area contributed by atoms with Gasteiger partial charge in [-0.1, -0.05) is 17.4 Å². The van der Waals surface area contributed by atoms with Crippen molar-refractivity contribution in [1.29, 1.82) is 0 Å². The maximum atomic E-state index is 12.6. The first-order chi connectivity index (χ1) is 12.7. The zero-order valence-electron chi connectivity index (χ0n) is 14.9. The summed E-state index contributed by atoms with van der Waals surface area (Å²) in [5.41, 5.74) is 0.917. The van der Waals surface area contributed by atoms with Gasteiger partial charge in [-0.2, -0.15) is 0 Å². The molecule has 3 aromatic rings. The fourth-order valence-corrected chi connectivity index (χ4v) is 4.17. The van der Waals surface area contributed by atoms with Crippen LogP contribution in [0.15, 0.2) is 30.6 Å². The maximum absolute atomic E-state index is 12.6. The molecule has 0 bridgehead atoms. The van der Waals surface area contributed by atoms with E-state index in [0.29, 0.717) is 25.5 Å². The lowest BCUT2D eigenvalue weighted by Crippen LogP contribution is -2.49. The average molecular weight is 371 g/mol. The van der Waals surface area contributed by atoms with Crippen molar-refractivity contribution in [3.63, 3.8) is 0 Å². The lowest BCUT2D eigenvalue weighted by Gasteiger charge is -2.34. The summed E-state index contributed by atoms with van der Waals surface area (Å²) >= 11 is 1.67. The topological polar surface area (TPSA) is 63.5 Å². The zero-order valence-corrected chi connectivity index (χ0v) is 15.7. The summed E-state index contributed by atoms with van der Waals surface area (Å²) in [7, 11) is 1.84. The fraction of sp³-hybridized carbons (Fsp3) is 0.389. The van der Waals surface area contributed by atoms with Crippen molar-refractivity contribution in [2.45, 2.75) is 6.92 Å². The largest absolute Gasteiger partial charge is 0.492 e. The number of hydrogen-bond donors (Lipinski definition) is 0. The Morgan fingerprint density at radius 1 is 1.27 bits per heavy atom. The number of nitrogens with zero attached hydrogens (tertiary/aromatic N) is 5. The molecule has 0 radical (unpaired) electrons. The molecule has 0 unspecified atom stereocenters. The van der Waals surface area contributed by atoms with Gasteiger partial charge in [0.15, 0.2) is 11.0 Å². The molecule has 1 aromatic carbocycles. The highest BCUT2D eigenvalue weighted by molar-refractivity contribution is 7.22. The molecule has 136 valence electrons. The van der Waals surface area contributed by atoms with Crippen LogP contribution in [0.25, 0.3) is 10.2 Å². The number of hydrogen-bond acceptors (Lipinski definition) is 6. The molecule has 0 saturated carbocycles. The van der Waals surface area contributed by atoms with Gasteiger partial charge in [0.1, 0.15) is 11.3 Å². The summed E-state index contributed by atoms with van der Waals surface area (Å²) in [6, 6.07) is 6.03. The van der Waals surface area contributed by atoms with Crippen LogP contribution in [0.1, 0.15) is 17.5 Å². The molecule has 3 heterocycles. The molecule has 4 rings (SSSR count). The van der Waals surface area contributed by atoms with Crippen molar-refractivity contribution < 1.29 is 9.53 Å². The van der Waals surface area contributed by atoms with E-state index < -0.39 is 0 Å². The van der Waals surface area contributed by atoms with Gasteiger partial charge >= 0.3 is 0 Å². The van der Waals surface area contributed by atoms with Gasteiger partial charge < -0.3 is 19.1 Å². The number of rotatable bonds is 4. The Hall–Kier alpha value is -2.61. The fourth-order valence-electron chi connectivity index (χ4n) is 3.13. The number of aryl methyl sites for hydroxylation is 1. The lowest BCUT2D eigenvalue weighted by atomic mass is 10.3. The van der Waals surface area contributed by atoms with Crippen LogP contribution in [0.5, 0.6) is 5.75 Å². The second kappa shape index (κ2) is 6.95. The third kappa shape index (κ3) is 3.01. The number of aromatic nitrogens is 3. The van der Waals surface area contributed by atoms with Gasteiger partial charge in [-0.3, -0.25) is 4.79 Å². The Morgan fingerprint density at radius 3 is 2.77 bits per heavy atom. The van der Waals surface area contributed by atoms with Gasteiger partial charge in [-0.05, 0) is 19.1 Å². The molecule has 8 heteroatoms. The molecule has 7 nitrogen and oxygen atoms in total. The Morgan fingerprint density at radius 2 is 2.08 bits per heavy atom. The van der Waals surface area contributed by atoms with E-state index >= 15 is 0 Å². The van der Waals surface area contributed by atoms with Crippen LogP contribution in [0.2, 0.25) is 0 Å². The van der Waals surface area contributed by atoms with E-state index in [1.165, 1.54) is 0 Å². The maximum Gasteiger partial charge on any atom is 0.289 e. The predicted molar refractivity (Wildman–Crippen MR) is 102 cm³/mol. The Kier molecular flexibility index (Phi) is 4.50. The zero-order chi connectivity index (χ0) is 18.1. The van der Waals surface area contributed by atoms with Crippen molar-refractivity contribution in [2.24, 2.45) is 7.05 Å². The highest BCUT2D eigenvalue weighted by Crippen LogP contribution is 2.34. The molecule has 2 aromatic heterocycles. The molecule has 1 aliphatic heterocycles. The van der Waals surface area contributed by atoms with Gasteiger partial charge in [-0.15, -0.1) is 0 Å². The highest BCUT2D eigenvalue weighted by atomic mass is 32.1. The lowest BCUT2D eigenvalue weighted by molar-refractivity contribution is 0.0731. The normalized spacial score (nSPS) is 14.8. The summed E-state index contributed by atoms with van der Waals surface area (Å²) in [6.07, 6.45) is 3.45. The molecular weight excluding hydrogens is 350 g/mol.